The van der Waals surface area contributed by atoms with Crippen molar-refractivity contribution in [2.45, 2.75) is 6.18 Å². The molecule has 110 valence electrons. The van der Waals surface area contributed by atoms with Crippen LogP contribution < -0.4 is 5.56 Å². The van der Waals surface area contributed by atoms with Gasteiger partial charge in [-0.2, -0.15) is 13.2 Å². The van der Waals surface area contributed by atoms with Crippen LogP contribution in [-0.4, -0.2) is 17.6 Å². The van der Waals surface area contributed by atoms with Crippen molar-refractivity contribution >= 4 is 5.97 Å². The van der Waals surface area contributed by atoms with E-state index in [2.05, 4.69) is 4.74 Å². The lowest BCUT2D eigenvalue weighted by molar-refractivity contribution is -0.138. The summed E-state index contributed by atoms with van der Waals surface area (Å²) >= 11 is 0. The molecule has 0 amide bonds. The molecule has 0 atom stereocenters. The SMILES string of the molecule is COC(=O)c1ccccc1-n1cc(C(F)(F)F)ccc1=O. The fourth-order valence-corrected chi connectivity index (χ4v) is 1.81. The molecule has 0 unspecified atom stereocenters. The molecule has 7 heteroatoms. The minimum atomic E-state index is -4.59. The van der Waals surface area contributed by atoms with E-state index in [9.17, 15) is 22.8 Å². The third kappa shape index (κ3) is 2.96. The van der Waals surface area contributed by atoms with Crippen LogP contribution in [0.4, 0.5) is 13.2 Å². The van der Waals surface area contributed by atoms with Crippen LogP contribution in [-0.2, 0) is 10.9 Å². The Morgan fingerprint density at radius 3 is 2.43 bits per heavy atom. The standard InChI is InChI=1S/C14H10F3NO3/c1-21-13(20)10-4-2-3-5-11(10)18-8-9(14(15,16)17)6-7-12(18)19/h2-8H,1H3. The minimum absolute atomic E-state index is 0.00132. The van der Waals surface area contributed by atoms with E-state index in [1.807, 2.05) is 0 Å². The van der Waals surface area contributed by atoms with Gasteiger partial charge in [-0.05, 0) is 18.2 Å². The zero-order chi connectivity index (χ0) is 15.6. The van der Waals surface area contributed by atoms with Crippen LogP contribution in [0.5, 0.6) is 0 Å². The average molecular weight is 297 g/mol. The van der Waals surface area contributed by atoms with Crippen LogP contribution in [0.15, 0.2) is 47.4 Å². The van der Waals surface area contributed by atoms with Gasteiger partial charge in [0.2, 0.25) is 0 Å². The van der Waals surface area contributed by atoms with E-state index >= 15 is 0 Å². The molecule has 0 fully saturated rings. The first-order valence-corrected chi connectivity index (χ1v) is 5.82. The van der Waals surface area contributed by atoms with E-state index in [0.717, 1.165) is 17.7 Å². The molecule has 0 saturated carbocycles. The van der Waals surface area contributed by atoms with Crippen LogP contribution in [0.1, 0.15) is 15.9 Å². The number of hydrogen-bond donors (Lipinski definition) is 0. The second kappa shape index (κ2) is 5.43. The van der Waals surface area contributed by atoms with Gasteiger partial charge in [0.05, 0.1) is 23.9 Å². The summed E-state index contributed by atoms with van der Waals surface area (Å²) in [5, 5.41) is 0. The molecule has 0 aliphatic carbocycles. The number of esters is 1. The summed E-state index contributed by atoms with van der Waals surface area (Å²) in [6.07, 6.45) is -3.93. The lowest BCUT2D eigenvalue weighted by Gasteiger charge is -2.13. The number of benzene rings is 1. The van der Waals surface area contributed by atoms with Crippen molar-refractivity contribution in [3.63, 3.8) is 0 Å². The number of halogens is 3. The van der Waals surface area contributed by atoms with Gasteiger partial charge >= 0.3 is 12.1 Å². The lowest BCUT2D eigenvalue weighted by Crippen LogP contribution is -2.22. The van der Waals surface area contributed by atoms with Gasteiger partial charge in [-0.25, -0.2) is 4.79 Å². The second-order valence-electron chi connectivity index (χ2n) is 4.13. The largest absolute Gasteiger partial charge is 0.465 e. The van der Waals surface area contributed by atoms with Crippen LogP contribution in [0.2, 0.25) is 0 Å². The van der Waals surface area contributed by atoms with E-state index < -0.39 is 23.3 Å². The molecule has 1 aromatic carbocycles. The number of aromatic nitrogens is 1. The highest BCUT2D eigenvalue weighted by atomic mass is 19.4. The Kier molecular flexibility index (Phi) is 3.84. The molecular weight excluding hydrogens is 287 g/mol. The van der Waals surface area contributed by atoms with Crippen LogP contribution in [0.25, 0.3) is 5.69 Å². The molecule has 0 aliphatic heterocycles. The Balaban J connectivity index is 2.68. The molecule has 2 rings (SSSR count). The topological polar surface area (TPSA) is 48.3 Å². The van der Waals surface area contributed by atoms with E-state index in [1.165, 1.54) is 24.3 Å². The van der Waals surface area contributed by atoms with E-state index in [-0.39, 0.29) is 11.3 Å². The molecule has 0 spiro atoms. The summed E-state index contributed by atoms with van der Waals surface area (Å²) in [6.45, 7) is 0. The van der Waals surface area contributed by atoms with Gasteiger partial charge in [0, 0.05) is 12.3 Å². The maximum absolute atomic E-state index is 12.7. The number of para-hydroxylation sites is 1. The summed E-state index contributed by atoms with van der Waals surface area (Å²) in [4.78, 5) is 23.4. The van der Waals surface area contributed by atoms with Crippen molar-refractivity contribution in [3.8, 4) is 5.69 Å². The van der Waals surface area contributed by atoms with E-state index in [0.29, 0.717) is 12.3 Å². The second-order valence-corrected chi connectivity index (χ2v) is 4.13. The predicted octanol–water partition coefficient (Wildman–Crippen LogP) is 2.64. The van der Waals surface area contributed by atoms with Gasteiger partial charge in [-0.1, -0.05) is 12.1 Å². The fourth-order valence-electron chi connectivity index (χ4n) is 1.81. The number of carbonyl (C=O) groups excluding carboxylic acids is 1. The molecule has 1 heterocycles. The molecule has 21 heavy (non-hydrogen) atoms. The summed E-state index contributed by atoms with van der Waals surface area (Å²) in [6, 6.07) is 7.26. The average Bonchev–Trinajstić information content (AvgIpc) is 2.45. The van der Waals surface area contributed by atoms with Gasteiger partial charge in [-0.15, -0.1) is 0 Å². The van der Waals surface area contributed by atoms with Gasteiger partial charge in [0.1, 0.15) is 0 Å². The highest BCUT2D eigenvalue weighted by Gasteiger charge is 2.31. The summed E-state index contributed by atoms with van der Waals surface area (Å²) < 4.78 is 43.5. The number of carbonyl (C=O) groups is 1. The Bertz CT molecular complexity index is 735. The quantitative estimate of drug-likeness (QED) is 0.801. The van der Waals surface area contributed by atoms with Gasteiger partial charge in [0.25, 0.3) is 5.56 Å². The number of alkyl halides is 3. The van der Waals surface area contributed by atoms with Crippen molar-refractivity contribution in [2.24, 2.45) is 0 Å². The molecule has 2 aromatic rings. The summed E-state index contributed by atoms with van der Waals surface area (Å²) in [5.41, 5.74) is -1.64. The van der Waals surface area contributed by atoms with Crippen molar-refractivity contribution in [2.75, 3.05) is 7.11 Å². The molecule has 0 N–H and O–H groups in total. The van der Waals surface area contributed by atoms with Gasteiger partial charge in [0.15, 0.2) is 0 Å². The van der Waals surface area contributed by atoms with Crippen LogP contribution in [0, 0.1) is 0 Å². The molecule has 0 saturated heterocycles. The molecule has 4 nitrogen and oxygen atoms in total. The van der Waals surface area contributed by atoms with E-state index in [4.69, 9.17) is 0 Å². The Hall–Kier alpha value is -2.57. The fraction of sp³-hybridized carbons (Fsp3) is 0.143. The van der Waals surface area contributed by atoms with Crippen molar-refractivity contribution < 1.29 is 22.7 Å². The smallest absolute Gasteiger partial charge is 0.417 e. The maximum atomic E-state index is 12.7. The first kappa shape index (κ1) is 14.8. The third-order valence-electron chi connectivity index (χ3n) is 2.81. The van der Waals surface area contributed by atoms with Crippen molar-refractivity contribution in [3.05, 3.63) is 64.1 Å². The third-order valence-corrected chi connectivity index (χ3v) is 2.81. The van der Waals surface area contributed by atoms with Crippen LogP contribution >= 0.6 is 0 Å². The number of rotatable bonds is 2. The van der Waals surface area contributed by atoms with E-state index in [1.54, 1.807) is 0 Å². The van der Waals surface area contributed by atoms with Crippen molar-refractivity contribution in [1.82, 2.24) is 4.57 Å². The van der Waals surface area contributed by atoms with Gasteiger partial charge < -0.3 is 4.74 Å². The first-order valence-electron chi connectivity index (χ1n) is 5.82. The number of nitrogens with zero attached hydrogens (tertiary/aromatic N) is 1. The number of pyridine rings is 1. The molecule has 0 aliphatic rings. The number of hydrogen-bond acceptors (Lipinski definition) is 3. The minimum Gasteiger partial charge on any atom is -0.465 e. The van der Waals surface area contributed by atoms with Crippen LogP contribution in [0.3, 0.4) is 0 Å². The zero-order valence-corrected chi connectivity index (χ0v) is 10.8. The predicted molar refractivity (Wildman–Crippen MR) is 68.4 cm³/mol. The number of methoxy groups -OCH3 is 1. The molecular formula is C14H10F3NO3. The summed E-state index contributed by atoms with van der Waals surface area (Å²) in [7, 11) is 1.15. The maximum Gasteiger partial charge on any atom is 0.417 e. The highest BCUT2D eigenvalue weighted by molar-refractivity contribution is 5.93. The highest BCUT2D eigenvalue weighted by Crippen LogP contribution is 2.28. The zero-order valence-electron chi connectivity index (χ0n) is 10.8. The first-order chi connectivity index (χ1) is 9.84. The Morgan fingerprint density at radius 2 is 1.81 bits per heavy atom. The van der Waals surface area contributed by atoms with Gasteiger partial charge in [-0.3, -0.25) is 9.36 Å². The molecule has 1 aromatic heterocycles. The Labute approximate surface area is 117 Å². The normalized spacial score (nSPS) is 11.2. The monoisotopic (exact) mass is 297 g/mol. The van der Waals surface area contributed by atoms with Crippen molar-refractivity contribution in [1.29, 1.82) is 0 Å². The molecule has 0 bridgehead atoms. The lowest BCUT2D eigenvalue weighted by atomic mass is 10.1. The summed E-state index contributed by atoms with van der Waals surface area (Å²) in [5.74, 6) is -0.741. The number of ether oxygens (including phenoxy) is 1. The molecule has 0 radical (unpaired) electrons. The Morgan fingerprint density at radius 1 is 1.14 bits per heavy atom.